The maximum Gasteiger partial charge on any atom is 0.327 e. The minimum Gasteiger partial charge on any atom is -0.366 e. The Hall–Kier alpha value is -3.12. The minimum absolute atomic E-state index is 0.103. The number of aromatic nitrogens is 2. The van der Waals surface area contributed by atoms with Crippen molar-refractivity contribution in [1.82, 2.24) is 9.97 Å². The van der Waals surface area contributed by atoms with Crippen LogP contribution in [0.2, 0.25) is 5.02 Å². The molecule has 0 saturated carbocycles. The number of carbonyl (C=O) groups is 1. The average Bonchev–Trinajstić information content (AvgIpc) is 3.14. The van der Waals surface area contributed by atoms with Gasteiger partial charge in [-0.2, -0.15) is 0 Å². The highest BCUT2D eigenvalue weighted by atomic mass is 35.5. The first kappa shape index (κ1) is 17.9. The van der Waals surface area contributed by atoms with Gasteiger partial charge in [0, 0.05) is 41.8 Å². The Morgan fingerprint density at radius 2 is 2.14 bits per heavy atom. The Morgan fingerprint density at radius 1 is 1.24 bits per heavy atom. The van der Waals surface area contributed by atoms with Crippen LogP contribution in [-0.2, 0) is 0 Å². The molecule has 4 heterocycles. The number of anilines is 3. The first-order valence-electron chi connectivity index (χ1n) is 9.63. The molecule has 29 heavy (non-hydrogen) atoms. The molecule has 2 aliphatic heterocycles. The lowest BCUT2D eigenvalue weighted by Crippen LogP contribution is -2.48. The summed E-state index contributed by atoms with van der Waals surface area (Å²) in [7, 11) is 0. The lowest BCUT2D eigenvalue weighted by atomic mass is 10.1. The average molecular weight is 406 g/mol. The zero-order chi connectivity index (χ0) is 20.0. The van der Waals surface area contributed by atoms with Gasteiger partial charge in [0.15, 0.2) is 5.82 Å². The first-order valence-corrected chi connectivity index (χ1v) is 10.0. The highest BCUT2D eigenvalue weighted by Gasteiger charge is 2.40. The van der Waals surface area contributed by atoms with E-state index in [4.69, 9.17) is 16.6 Å². The van der Waals surface area contributed by atoms with Gasteiger partial charge in [-0.15, -0.1) is 0 Å². The highest BCUT2D eigenvalue weighted by molar-refractivity contribution is 6.30. The molecule has 7 heteroatoms. The van der Waals surface area contributed by atoms with Gasteiger partial charge in [0.1, 0.15) is 0 Å². The Labute approximate surface area is 174 Å². The highest BCUT2D eigenvalue weighted by Crippen LogP contribution is 2.40. The number of amides is 2. The number of nitrogens with zero attached hydrogens (tertiary/aromatic N) is 4. The summed E-state index contributed by atoms with van der Waals surface area (Å²) in [5, 5.41) is 3.70. The summed E-state index contributed by atoms with van der Waals surface area (Å²) in [5.74, 6) is 0.695. The van der Waals surface area contributed by atoms with Gasteiger partial charge in [0.05, 0.1) is 17.4 Å². The van der Waals surface area contributed by atoms with E-state index in [2.05, 4.69) is 21.3 Å². The van der Waals surface area contributed by atoms with Crippen LogP contribution in [0.5, 0.6) is 0 Å². The first-order chi connectivity index (χ1) is 14.1. The van der Waals surface area contributed by atoms with Crippen molar-refractivity contribution in [3.05, 3.63) is 65.4 Å². The van der Waals surface area contributed by atoms with E-state index in [-0.39, 0.29) is 12.1 Å². The maximum absolute atomic E-state index is 13.3. The van der Waals surface area contributed by atoms with Crippen LogP contribution in [0.4, 0.5) is 22.0 Å². The Bertz CT molecular complexity index is 1100. The van der Waals surface area contributed by atoms with Crippen molar-refractivity contribution in [2.45, 2.75) is 19.4 Å². The van der Waals surface area contributed by atoms with Crippen LogP contribution in [0.1, 0.15) is 12.0 Å². The van der Waals surface area contributed by atoms with Crippen molar-refractivity contribution in [3.8, 4) is 11.3 Å². The Morgan fingerprint density at radius 3 is 2.97 bits per heavy atom. The van der Waals surface area contributed by atoms with Gasteiger partial charge in [-0.3, -0.25) is 9.88 Å². The van der Waals surface area contributed by atoms with E-state index in [0.717, 1.165) is 47.7 Å². The number of fused-ring (bicyclic) bond motifs is 4. The number of nitrogens with one attached hydrogen (secondary N) is 1. The third kappa shape index (κ3) is 3.19. The van der Waals surface area contributed by atoms with Crippen molar-refractivity contribution in [2.75, 3.05) is 28.2 Å². The summed E-state index contributed by atoms with van der Waals surface area (Å²) < 4.78 is 0. The standard InChI is InChI=1S/C22H20ClN5O/c1-14-12-24-9-7-18(14)26-22(29)28-17-8-10-27(13-17)20-6-5-19(25-21(20)28)15-3-2-4-16(23)11-15/h2-7,9,11-12,17H,8,10,13H2,1H3,(H,24,26,29)/t17-/m0/s1. The Kier molecular flexibility index (Phi) is 4.36. The predicted molar refractivity (Wildman–Crippen MR) is 116 cm³/mol. The summed E-state index contributed by atoms with van der Waals surface area (Å²) in [5.41, 5.74) is 4.40. The number of carbonyl (C=O) groups excluding carboxylic acids is 1. The summed E-state index contributed by atoms with van der Waals surface area (Å²) in [4.78, 5) is 26.4. The molecule has 2 aliphatic rings. The minimum atomic E-state index is -0.164. The quantitative estimate of drug-likeness (QED) is 0.669. The molecule has 0 unspecified atom stereocenters. The molecule has 1 atom stereocenters. The molecule has 6 nitrogen and oxygen atoms in total. The van der Waals surface area contributed by atoms with Crippen LogP contribution in [-0.4, -0.2) is 35.1 Å². The van der Waals surface area contributed by atoms with Gasteiger partial charge in [-0.25, -0.2) is 9.78 Å². The number of aryl methyl sites for hydroxylation is 1. The molecule has 0 radical (unpaired) electrons. The number of halogens is 1. The van der Waals surface area contributed by atoms with Crippen molar-refractivity contribution >= 4 is 34.8 Å². The predicted octanol–water partition coefficient (Wildman–Crippen LogP) is 4.74. The van der Waals surface area contributed by atoms with Crippen molar-refractivity contribution < 1.29 is 4.79 Å². The SMILES string of the molecule is Cc1cnccc1NC(=O)N1c2nc(-c3cccc(Cl)c3)ccc2N2CC[C@H]1C2. The van der Waals surface area contributed by atoms with E-state index in [1.54, 1.807) is 12.4 Å². The summed E-state index contributed by atoms with van der Waals surface area (Å²) in [6.45, 7) is 3.68. The van der Waals surface area contributed by atoms with Crippen molar-refractivity contribution in [3.63, 3.8) is 0 Å². The van der Waals surface area contributed by atoms with Crippen LogP contribution in [0.3, 0.4) is 0 Å². The maximum atomic E-state index is 13.3. The summed E-state index contributed by atoms with van der Waals surface area (Å²) >= 11 is 6.16. The third-order valence-corrected chi connectivity index (χ3v) is 5.79. The van der Waals surface area contributed by atoms with Gasteiger partial charge in [0.2, 0.25) is 0 Å². The fraction of sp³-hybridized carbons (Fsp3) is 0.227. The van der Waals surface area contributed by atoms with E-state index in [1.807, 2.05) is 48.2 Å². The van der Waals surface area contributed by atoms with E-state index in [0.29, 0.717) is 10.8 Å². The molecule has 2 bridgehead atoms. The molecular weight excluding hydrogens is 386 g/mol. The number of rotatable bonds is 2. The van der Waals surface area contributed by atoms with Crippen LogP contribution in [0, 0.1) is 6.92 Å². The molecule has 2 aromatic heterocycles. The molecular formula is C22H20ClN5O. The van der Waals surface area contributed by atoms with Crippen LogP contribution >= 0.6 is 11.6 Å². The summed E-state index contributed by atoms with van der Waals surface area (Å²) in [6.07, 6.45) is 4.34. The number of hydrogen-bond donors (Lipinski definition) is 1. The lowest BCUT2D eigenvalue weighted by Gasteiger charge is -2.36. The van der Waals surface area contributed by atoms with E-state index in [9.17, 15) is 4.79 Å². The van der Waals surface area contributed by atoms with Gasteiger partial charge < -0.3 is 10.2 Å². The molecule has 1 aromatic carbocycles. The smallest absolute Gasteiger partial charge is 0.327 e. The number of benzene rings is 1. The molecule has 3 aromatic rings. The molecule has 2 amide bonds. The number of hydrogen-bond acceptors (Lipinski definition) is 4. The van der Waals surface area contributed by atoms with Crippen molar-refractivity contribution in [1.29, 1.82) is 0 Å². The number of urea groups is 1. The normalized spacial score (nSPS) is 17.2. The Balaban J connectivity index is 1.55. The van der Waals surface area contributed by atoms with Crippen LogP contribution in [0.15, 0.2) is 54.9 Å². The zero-order valence-corrected chi connectivity index (χ0v) is 16.7. The second-order valence-corrected chi connectivity index (χ2v) is 7.87. The summed E-state index contributed by atoms with van der Waals surface area (Å²) in [6, 6.07) is 13.4. The van der Waals surface area contributed by atoms with Gasteiger partial charge in [0.25, 0.3) is 0 Å². The largest absolute Gasteiger partial charge is 0.366 e. The van der Waals surface area contributed by atoms with Gasteiger partial charge in [-0.1, -0.05) is 23.7 Å². The van der Waals surface area contributed by atoms with Gasteiger partial charge in [-0.05, 0) is 49.2 Å². The zero-order valence-electron chi connectivity index (χ0n) is 16.0. The topological polar surface area (TPSA) is 61.4 Å². The third-order valence-electron chi connectivity index (χ3n) is 5.55. The second-order valence-electron chi connectivity index (χ2n) is 7.43. The van der Waals surface area contributed by atoms with E-state index in [1.165, 1.54) is 0 Å². The molecule has 1 fully saturated rings. The fourth-order valence-electron chi connectivity index (χ4n) is 4.07. The fourth-order valence-corrected chi connectivity index (χ4v) is 4.26. The van der Waals surface area contributed by atoms with Crippen LogP contribution < -0.4 is 15.1 Å². The monoisotopic (exact) mass is 405 g/mol. The molecule has 1 saturated heterocycles. The van der Waals surface area contributed by atoms with Gasteiger partial charge >= 0.3 is 6.03 Å². The second kappa shape index (κ2) is 7.04. The van der Waals surface area contributed by atoms with Crippen molar-refractivity contribution in [2.24, 2.45) is 0 Å². The molecule has 0 spiro atoms. The lowest BCUT2D eigenvalue weighted by molar-refractivity contribution is 0.255. The molecule has 0 aliphatic carbocycles. The molecule has 5 rings (SSSR count). The van der Waals surface area contributed by atoms with Crippen LogP contribution in [0.25, 0.3) is 11.3 Å². The van der Waals surface area contributed by atoms with E-state index < -0.39 is 0 Å². The molecule has 146 valence electrons. The number of pyridine rings is 2. The van der Waals surface area contributed by atoms with E-state index >= 15 is 0 Å². The molecule has 1 N–H and O–H groups in total.